The monoisotopic (exact) mass is 316 g/mol. The Balaban J connectivity index is 1.84. The number of benzene rings is 1. The first-order chi connectivity index (χ1) is 10.6. The fraction of sp³-hybridized carbons (Fsp3) is 0.294. The molecule has 1 aromatic carbocycles. The molecule has 1 atom stereocenters. The molecule has 22 heavy (non-hydrogen) atoms. The molecule has 4 nitrogen and oxygen atoms in total. The van der Waals surface area contributed by atoms with Crippen molar-refractivity contribution in [1.29, 1.82) is 0 Å². The van der Waals surface area contributed by atoms with E-state index in [0.717, 1.165) is 11.1 Å². The Hall–Kier alpha value is -1.91. The molecule has 0 bridgehead atoms. The van der Waals surface area contributed by atoms with Crippen molar-refractivity contribution in [2.75, 3.05) is 19.7 Å². The zero-order valence-electron chi connectivity index (χ0n) is 12.3. The summed E-state index contributed by atoms with van der Waals surface area (Å²) >= 11 is 5.91. The first-order valence-corrected chi connectivity index (χ1v) is 7.63. The van der Waals surface area contributed by atoms with Gasteiger partial charge in [0.05, 0.1) is 18.3 Å². The molecule has 0 N–H and O–H groups in total. The van der Waals surface area contributed by atoms with Gasteiger partial charge in [-0.3, -0.25) is 9.78 Å². The zero-order chi connectivity index (χ0) is 15.5. The maximum Gasteiger partial charge on any atom is 0.255 e. The van der Waals surface area contributed by atoms with Crippen molar-refractivity contribution in [2.24, 2.45) is 0 Å². The lowest BCUT2D eigenvalue weighted by molar-refractivity contribution is -0.0124. The Labute approximate surface area is 134 Å². The van der Waals surface area contributed by atoms with Gasteiger partial charge in [-0.25, -0.2) is 0 Å². The average molecular weight is 317 g/mol. The van der Waals surface area contributed by atoms with Gasteiger partial charge in [0.2, 0.25) is 0 Å². The maximum absolute atomic E-state index is 12.6. The molecule has 0 saturated carbocycles. The Morgan fingerprint density at radius 2 is 2.05 bits per heavy atom. The first-order valence-electron chi connectivity index (χ1n) is 7.25. The van der Waals surface area contributed by atoms with E-state index in [2.05, 4.69) is 4.98 Å². The number of nitrogens with zero attached hydrogens (tertiary/aromatic N) is 2. The quantitative estimate of drug-likeness (QED) is 0.854. The topological polar surface area (TPSA) is 42.4 Å². The van der Waals surface area contributed by atoms with Crippen LogP contribution < -0.4 is 0 Å². The number of ether oxygens (including phenoxy) is 1. The number of morpholine rings is 1. The van der Waals surface area contributed by atoms with E-state index in [-0.39, 0.29) is 12.0 Å². The van der Waals surface area contributed by atoms with Crippen molar-refractivity contribution in [3.63, 3.8) is 0 Å². The van der Waals surface area contributed by atoms with Gasteiger partial charge in [-0.2, -0.15) is 0 Å². The number of hydrogen-bond donors (Lipinski definition) is 0. The van der Waals surface area contributed by atoms with Crippen molar-refractivity contribution < 1.29 is 9.53 Å². The number of rotatable bonds is 2. The SMILES string of the molecule is C[C@@H]1CN(C(=O)c2cncc(-c3ccc(Cl)cc3)c2)CCO1. The second kappa shape index (κ2) is 6.46. The van der Waals surface area contributed by atoms with Gasteiger partial charge >= 0.3 is 0 Å². The fourth-order valence-electron chi connectivity index (χ4n) is 2.54. The molecule has 0 aliphatic carbocycles. The predicted molar refractivity (Wildman–Crippen MR) is 86.0 cm³/mol. The molecule has 1 amide bonds. The molecule has 3 rings (SSSR count). The normalized spacial score (nSPS) is 18.3. The van der Waals surface area contributed by atoms with Crippen LogP contribution in [0.5, 0.6) is 0 Å². The van der Waals surface area contributed by atoms with E-state index >= 15 is 0 Å². The number of carbonyl (C=O) groups is 1. The molecular formula is C17H17ClN2O2. The highest BCUT2D eigenvalue weighted by Crippen LogP contribution is 2.22. The summed E-state index contributed by atoms with van der Waals surface area (Å²) in [5.41, 5.74) is 2.49. The second-order valence-corrected chi connectivity index (χ2v) is 5.84. The summed E-state index contributed by atoms with van der Waals surface area (Å²) in [7, 11) is 0. The van der Waals surface area contributed by atoms with E-state index in [0.29, 0.717) is 30.3 Å². The Kier molecular flexibility index (Phi) is 4.41. The van der Waals surface area contributed by atoms with E-state index in [1.807, 2.05) is 42.2 Å². The molecule has 1 saturated heterocycles. The van der Waals surface area contributed by atoms with Gasteiger partial charge in [-0.05, 0) is 30.7 Å². The summed E-state index contributed by atoms with van der Waals surface area (Å²) in [6.07, 6.45) is 3.44. The molecule has 0 spiro atoms. The molecule has 1 aliphatic heterocycles. The third-order valence-corrected chi connectivity index (χ3v) is 3.94. The van der Waals surface area contributed by atoms with Crippen molar-refractivity contribution in [3.05, 3.63) is 53.3 Å². The molecular weight excluding hydrogens is 300 g/mol. The number of pyridine rings is 1. The van der Waals surface area contributed by atoms with Crippen LogP contribution in [0.4, 0.5) is 0 Å². The summed E-state index contributed by atoms with van der Waals surface area (Å²) in [4.78, 5) is 18.6. The highest BCUT2D eigenvalue weighted by atomic mass is 35.5. The lowest BCUT2D eigenvalue weighted by Gasteiger charge is -2.31. The fourth-order valence-corrected chi connectivity index (χ4v) is 2.67. The Morgan fingerprint density at radius 1 is 1.27 bits per heavy atom. The second-order valence-electron chi connectivity index (χ2n) is 5.40. The van der Waals surface area contributed by atoms with Gasteiger partial charge in [0, 0.05) is 36.1 Å². The van der Waals surface area contributed by atoms with Gasteiger partial charge in [-0.15, -0.1) is 0 Å². The zero-order valence-corrected chi connectivity index (χ0v) is 13.1. The van der Waals surface area contributed by atoms with Crippen LogP contribution in [0.3, 0.4) is 0 Å². The van der Waals surface area contributed by atoms with Crippen LogP contribution in [0, 0.1) is 0 Å². The number of amides is 1. The molecule has 2 heterocycles. The lowest BCUT2D eigenvalue weighted by atomic mass is 10.1. The van der Waals surface area contributed by atoms with Crippen LogP contribution in [0.15, 0.2) is 42.7 Å². The largest absolute Gasteiger partial charge is 0.375 e. The summed E-state index contributed by atoms with van der Waals surface area (Å²) in [6.45, 7) is 3.79. The van der Waals surface area contributed by atoms with Crippen LogP contribution in [-0.2, 0) is 4.74 Å². The highest BCUT2D eigenvalue weighted by molar-refractivity contribution is 6.30. The van der Waals surface area contributed by atoms with Crippen LogP contribution in [-0.4, -0.2) is 41.6 Å². The average Bonchev–Trinajstić information content (AvgIpc) is 2.55. The molecule has 114 valence electrons. The highest BCUT2D eigenvalue weighted by Gasteiger charge is 2.22. The van der Waals surface area contributed by atoms with Crippen molar-refractivity contribution in [1.82, 2.24) is 9.88 Å². The number of hydrogen-bond acceptors (Lipinski definition) is 3. The summed E-state index contributed by atoms with van der Waals surface area (Å²) in [6, 6.07) is 9.37. The minimum Gasteiger partial charge on any atom is -0.375 e. The van der Waals surface area contributed by atoms with E-state index in [4.69, 9.17) is 16.3 Å². The van der Waals surface area contributed by atoms with Crippen molar-refractivity contribution in [2.45, 2.75) is 13.0 Å². The minimum absolute atomic E-state index is 0.00142. The van der Waals surface area contributed by atoms with Gasteiger partial charge in [-0.1, -0.05) is 23.7 Å². The number of aromatic nitrogens is 1. The third kappa shape index (κ3) is 3.29. The standard InChI is InChI=1S/C17H17ClN2O2/c1-12-11-20(6-7-22-12)17(21)15-8-14(9-19-10-15)13-2-4-16(18)5-3-13/h2-5,8-10,12H,6-7,11H2,1H3/t12-/m1/s1. The van der Waals surface area contributed by atoms with Gasteiger partial charge in [0.25, 0.3) is 5.91 Å². The molecule has 0 unspecified atom stereocenters. The predicted octanol–water partition coefficient (Wildman–Crippen LogP) is 3.26. The number of carbonyl (C=O) groups excluding carboxylic acids is 1. The van der Waals surface area contributed by atoms with Crippen LogP contribution >= 0.6 is 11.6 Å². The molecule has 1 fully saturated rings. The van der Waals surface area contributed by atoms with Crippen LogP contribution in [0.2, 0.25) is 5.02 Å². The molecule has 1 aromatic heterocycles. The molecule has 2 aromatic rings. The maximum atomic E-state index is 12.6. The third-order valence-electron chi connectivity index (χ3n) is 3.69. The Bertz CT molecular complexity index is 673. The van der Waals surface area contributed by atoms with Gasteiger partial charge in [0.15, 0.2) is 0 Å². The Morgan fingerprint density at radius 3 is 2.77 bits per heavy atom. The summed E-state index contributed by atoms with van der Waals surface area (Å²) in [5.74, 6) is -0.00142. The van der Waals surface area contributed by atoms with Crippen LogP contribution in [0.25, 0.3) is 11.1 Å². The minimum atomic E-state index is -0.00142. The lowest BCUT2D eigenvalue weighted by Crippen LogP contribution is -2.44. The first kappa shape index (κ1) is 15.0. The van der Waals surface area contributed by atoms with Crippen LogP contribution in [0.1, 0.15) is 17.3 Å². The summed E-state index contributed by atoms with van der Waals surface area (Å²) < 4.78 is 5.48. The summed E-state index contributed by atoms with van der Waals surface area (Å²) in [5, 5.41) is 0.686. The van der Waals surface area contributed by atoms with E-state index < -0.39 is 0 Å². The van der Waals surface area contributed by atoms with Crippen molar-refractivity contribution >= 4 is 17.5 Å². The van der Waals surface area contributed by atoms with Gasteiger partial charge in [0.1, 0.15) is 0 Å². The smallest absolute Gasteiger partial charge is 0.255 e. The number of halogens is 1. The van der Waals surface area contributed by atoms with Gasteiger partial charge < -0.3 is 9.64 Å². The molecule has 1 aliphatic rings. The van der Waals surface area contributed by atoms with E-state index in [9.17, 15) is 4.79 Å². The van der Waals surface area contributed by atoms with E-state index in [1.165, 1.54) is 0 Å². The molecule has 0 radical (unpaired) electrons. The van der Waals surface area contributed by atoms with Crippen molar-refractivity contribution in [3.8, 4) is 11.1 Å². The molecule has 5 heteroatoms. The van der Waals surface area contributed by atoms with E-state index in [1.54, 1.807) is 12.4 Å².